The molecule has 0 saturated heterocycles. The fraction of sp³-hybridized carbons (Fsp3) is 0.400. The highest BCUT2D eigenvalue weighted by molar-refractivity contribution is 6.02. The van der Waals surface area contributed by atoms with E-state index in [0.29, 0.717) is 12.2 Å². The van der Waals surface area contributed by atoms with Crippen molar-refractivity contribution in [3.05, 3.63) is 47.9 Å². The number of amides is 2. The normalized spacial score (nSPS) is 11.7. The van der Waals surface area contributed by atoms with E-state index in [1.807, 2.05) is 49.0 Å². The minimum atomic E-state index is -0.302. The zero-order valence-corrected chi connectivity index (χ0v) is 16.1. The number of hydrogen-bond acceptors (Lipinski definition) is 4. The van der Waals surface area contributed by atoms with Crippen molar-refractivity contribution >= 4 is 23.2 Å². The van der Waals surface area contributed by atoms with E-state index in [2.05, 4.69) is 12.2 Å². The zero-order valence-electron chi connectivity index (χ0n) is 16.1. The molecule has 1 aromatic carbocycles. The van der Waals surface area contributed by atoms with E-state index in [1.54, 1.807) is 19.1 Å². The predicted octanol–water partition coefficient (Wildman–Crippen LogP) is 3.74. The molecule has 0 aliphatic rings. The van der Waals surface area contributed by atoms with Crippen LogP contribution in [0.3, 0.4) is 0 Å². The Morgan fingerprint density at radius 1 is 1.23 bits per heavy atom. The van der Waals surface area contributed by atoms with Gasteiger partial charge in [0, 0.05) is 45.0 Å². The molecule has 1 aromatic heterocycles. The molecule has 1 atom stereocenters. The Morgan fingerprint density at radius 2 is 1.96 bits per heavy atom. The average Bonchev–Trinajstić information content (AvgIpc) is 3.13. The minimum Gasteiger partial charge on any atom is -0.459 e. The van der Waals surface area contributed by atoms with Crippen molar-refractivity contribution < 1.29 is 14.0 Å². The summed E-state index contributed by atoms with van der Waals surface area (Å²) in [4.78, 5) is 28.1. The topological polar surface area (TPSA) is 65.8 Å². The Hall–Kier alpha value is -2.76. The molecule has 2 amide bonds. The lowest BCUT2D eigenvalue weighted by Gasteiger charge is -2.29. The van der Waals surface area contributed by atoms with E-state index in [9.17, 15) is 9.59 Å². The first-order valence-corrected chi connectivity index (χ1v) is 8.75. The molecule has 0 fully saturated rings. The summed E-state index contributed by atoms with van der Waals surface area (Å²) < 4.78 is 5.13. The van der Waals surface area contributed by atoms with Gasteiger partial charge in [0.1, 0.15) is 0 Å². The number of carbonyl (C=O) groups is 2. The SMILES string of the molecule is CC[C@@H](C)N(Cc1cc(NC(=O)c2ccco2)ccc1N(C)C)C(C)=O. The Balaban J connectivity index is 2.30. The summed E-state index contributed by atoms with van der Waals surface area (Å²) in [5.74, 6) is -0.00816. The highest BCUT2D eigenvalue weighted by atomic mass is 16.3. The van der Waals surface area contributed by atoms with Crippen LogP contribution in [0.15, 0.2) is 41.0 Å². The molecule has 0 radical (unpaired) electrons. The number of furan rings is 1. The molecule has 6 nitrogen and oxygen atoms in total. The van der Waals surface area contributed by atoms with Gasteiger partial charge in [-0.1, -0.05) is 6.92 Å². The van der Waals surface area contributed by atoms with Crippen molar-refractivity contribution in [1.29, 1.82) is 0 Å². The van der Waals surface area contributed by atoms with Gasteiger partial charge in [0.05, 0.1) is 6.26 Å². The van der Waals surface area contributed by atoms with E-state index in [1.165, 1.54) is 6.26 Å². The van der Waals surface area contributed by atoms with Crippen LogP contribution in [-0.2, 0) is 11.3 Å². The highest BCUT2D eigenvalue weighted by Crippen LogP contribution is 2.26. The Bertz CT molecular complexity index is 754. The number of hydrogen-bond donors (Lipinski definition) is 1. The Morgan fingerprint density at radius 3 is 2.50 bits per heavy atom. The molecule has 0 aliphatic heterocycles. The van der Waals surface area contributed by atoms with Gasteiger partial charge in [-0.05, 0) is 49.2 Å². The minimum absolute atomic E-state index is 0.0362. The molecule has 26 heavy (non-hydrogen) atoms. The molecule has 2 aromatic rings. The Labute approximate surface area is 154 Å². The van der Waals surface area contributed by atoms with Crippen molar-refractivity contribution in [1.82, 2.24) is 4.90 Å². The lowest BCUT2D eigenvalue weighted by molar-refractivity contribution is -0.131. The van der Waals surface area contributed by atoms with Gasteiger partial charge in [-0.3, -0.25) is 9.59 Å². The first-order valence-electron chi connectivity index (χ1n) is 8.75. The number of nitrogens with one attached hydrogen (secondary N) is 1. The van der Waals surface area contributed by atoms with Gasteiger partial charge in [0.25, 0.3) is 5.91 Å². The molecular formula is C20H27N3O3. The van der Waals surface area contributed by atoms with E-state index in [-0.39, 0.29) is 23.6 Å². The largest absolute Gasteiger partial charge is 0.459 e. The van der Waals surface area contributed by atoms with Crippen LogP contribution in [0.25, 0.3) is 0 Å². The van der Waals surface area contributed by atoms with E-state index in [0.717, 1.165) is 17.7 Å². The van der Waals surface area contributed by atoms with Gasteiger partial charge in [-0.25, -0.2) is 0 Å². The van der Waals surface area contributed by atoms with Gasteiger partial charge in [-0.2, -0.15) is 0 Å². The second-order valence-corrected chi connectivity index (χ2v) is 6.57. The second kappa shape index (κ2) is 8.56. The van der Waals surface area contributed by atoms with Crippen LogP contribution in [0.5, 0.6) is 0 Å². The summed E-state index contributed by atoms with van der Waals surface area (Å²) in [5, 5.41) is 2.84. The fourth-order valence-electron chi connectivity index (χ4n) is 2.81. The number of carbonyl (C=O) groups excluding carboxylic acids is 2. The second-order valence-electron chi connectivity index (χ2n) is 6.57. The number of benzene rings is 1. The summed E-state index contributed by atoms with van der Waals surface area (Å²) in [6.45, 7) is 6.18. The van der Waals surface area contributed by atoms with Gasteiger partial charge in [0.2, 0.25) is 5.91 Å². The third-order valence-electron chi connectivity index (χ3n) is 4.43. The highest BCUT2D eigenvalue weighted by Gasteiger charge is 2.19. The van der Waals surface area contributed by atoms with Crippen LogP contribution < -0.4 is 10.2 Å². The molecule has 0 unspecified atom stereocenters. The van der Waals surface area contributed by atoms with E-state index >= 15 is 0 Å². The molecule has 1 heterocycles. The quantitative estimate of drug-likeness (QED) is 0.820. The first-order chi connectivity index (χ1) is 12.3. The van der Waals surface area contributed by atoms with Gasteiger partial charge < -0.3 is 19.5 Å². The fourth-order valence-corrected chi connectivity index (χ4v) is 2.81. The third-order valence-corrected chi connectivity index (χ3v) is 4.43. The van der Waals surface area contributed by atoms with Crippen LogP contribution in [0.4, 0.5) is 11.4 Å². The molecule has 0 spiro atoms. The molecule has 1 N–H and O–H groups in total. The molecule has 0 aliphatic carbocycles. The summed E-state index contributed by atoms with van der Waals surface area (Å²) in [5.41, 5.74) is 2.65. The maximum absolute atomic E-state index is 12.2. The smallest absolute Gasteiger partial charge is 0.291 e. The average molecular weight is 357 g/mol. The summed E-state index contributed by atoms with van der Waals surface area (Å²) in [6.07, 6.45) is 2.35. The summed E-state index contributed by atoms with van der Waals surface area (Å²) in [6, 6.07) is 9.14. The molecule has 0 saturated carbocycles. The standard InChI is InChI=1S/C20H27N3O3/c1-6-14(2)23(15(3)24)13-16-12-17(9-10-18(16)22(4)5)21-20(25)19-8-7-11-26-19/h7-12,14H,6,13H2,1-5H3,(H,21,25)/t14-/m1/s1. The summed E-state index contributed by atoms with van der Waals surface area (Å²) in [7, 11) is 3.92. The Kier molecular flexibility index (Phi) is 6.44. The van der Waals surface area contributed by atoms with Gasteiger partial charge in [-0.15, -0.1) is 0 Å². The maximum Gasteiger partial charge on any atom is 0.291 e. The molecule has 6 heteroatoms. The molecule has 2 rings (SSSR count). The van der Waals surface area contributed by atoms with Crippen LogP contribution in [0, 0.1) is 0 Å². The molecule has 0 bridgehead atoms. The lowest BCUT2D eigenvalue weighted by Crippen LogP contribution is -2.36. The van der Waals surface area contributed by atoms with Gasteiger partial charge in [0.15, 0.2) is 5.76 Å². The zero-order chi connectivity index (χ0) is 19.3. The van der Waals surface area contributed by atoms with Crippen LogP contribution in [0.1, 0.15) is 43.3 Å². The number of anilines is 2. The van der Waals surface area contributed by atoms with Crippen molar-refractivity contribution in [2.24, 2.45) is 0 Å². The summed E-state index contributed by atoms with van der Waals surface area (Å²) >= 11 is 0. The van der Waals surface area contributed by atoms with Crippen molar-refractivity contribution in [3.63, 3.8) is 0 Å². The molecule has 140 valence electrons. The monoisotopic (exact) mass is 357 g/mol. The maximum atomic E-state index is 12.2. The van der Waals surface area contributed by atoms with Crippen LogP contribution in [0.2, 0.25) is 0 Å². The van der Waals surface area contributed by atoms with Crippen molar-refractivity contribution in [3.8, 4) is 0 Å². The number of rotatable bonds is 7. The van der Waals surface area contributed by atoms with Crippen LogP contribution >= 0.6 is 0 Å². The molecular weight excluding hydrogens is 330 g/mol. The van der Waals surface area contributed by atoms with Gasteiger partial charge >= 0.3 is 0 Å². The van der Waals surface area contributed by atoms with E-state index < -0.39 is 0 Å². The van der Waals surface area contributed by atoms with E-state index in [4.69, 9.17) is 4.42 Å². The van der Waals surface area contributed by atoms with Crippen molar-refractivity contribution in [2.75, 3.05) is 24.3 Å². The van der Waals surface area contributed by atoms with Crippen LogP contribution in [-0.4, -0.2) is 36.9 Å². The third kappa shape index (κ3) is 4.65. The lowest BCUT2D eigenvalue weighted by atomic mass is 10.1. The number of nitrogens with zero attached hydrogens (tertiary/aromatic N) is 2. The van der Waals surface area contributed by atoms with Crippen molar-refractivity contribution in [2.45, 2.75) is 39.8 Å². The first kappa shape index (κ1) is 19.6. The predicted molar refractivity (Wildman–Crippen MR) is 103 cm³/mol.